The van der Waals surface area contributed by atoms with Gasteiger partial charge in [-0.2, -0.15) is 0 Å². The van der Waals surface area contributed by atoms with E-state index in [1.54, 1.807) is 36.6 Å². The molecule has 1 saturated heterocycles. The van der Waals surface area contributed by atoms with E-state index >= 15 is 0 Å². The minimum absolute atomic E-state index is 0.174. The fourth-order valence-electron chi connectivity index (χ4n) is 2.49. The second kappa shape index (κ2) is 8.32. The number of barbiturate groups is 1. The van der Waals surface area contributed by atoms with Gasteiger partial charge in [-0.05, 0) is 24.6 Å². The second-order valence-corrected chi connectivity index (χ2v) is 6.91. The first-order valence-corrected chi connectivity index (χ1v) is 9.41. The van der Waals surface area contributed by atoms with Crippen LogP contribution in [0.2, 0.25) is 5.02 Å². The van der Waals surface area contributed by atoms with Gasteiger partial charge in [0.1, 0.15) is 10.6 Å². The Bertz CT molecular complexity index is 964. The molecule has 1 aliphatic heterocycles. The second-order valence-electron chi connectivity index (χ2n) is 5.62. The quantitative estimate of drug-likeness (QED) is 0.439. The number of esters is 1. The van der Waals surface area contributed by atoms with Crippen LogP contribution in [0.15, 0.2) is 34.6 Å². The van der Waals surface area contributed by atoms with Crippen molar-refractivity contribution in [3.05, 3.63) is 40.2 Å². The highest BCUT2D eigenvalue weighted by Crippen LogP contribution is 2.38. The molecule has 1 aliphatic rings. The lowest BCUT2D eigenvalue weighted by molar-refractivity contribution is -0.132. The molecule has 8 nitrogen and oxygen atoms in total. The van der Waals surface area contributed by atoms with Crippen molar-refractivity contribution >= 4 is 58.0 Å². The smallest absolute Gasteiger partial charge is 0.341 e. The minimum Gasteiger partial charge on any atom is -0.462 e. The van der Waals surface area contributed by atoms with E-state index in [0.717, 1.165) is 23.1 Å². The van der Waals surface area contributed by atoms with Gasteiger partial charge in [0.2, 0.25) is 11.8 Å². The number of aliphatic imine (C=N–C) groups is 1. The number of carbonyl (C=O) groups excluding carboxylic acids is 4. The SMILES string of the molecule is CCOC(=O)c1c(-c2ccc(Cl)cc2)csc1N=CC1C(=O)NC(=O)NC1=O. The fourth-order valence-corrected chi connectivity index (χ4v) is 3.53. The standard InChI is InChI=1S/C18H14ClN3O5S/c1-2-27-17(25)13-12(9-3-5-10(19)6-4-9)8-28-16(13)20-7-11-14(23)21-18(26)22-15(11)24/h3-8,11H,2H2,1H3,(H2,21,22,23,24,26). The van der Waals surface area contributed by atoms with E-state index in [0.29, 0.717) is 10.6 Å². The predicted molar refractivity (Wildman–Crippen MR) is 104 cm³/mol. The monoisotopic (exact) mass is 419 g/mol. The summed E-state index contributed by atoms with van der Waals surface area (Å²) >= 11 is 7.08. The molecular formula is C18H14ClN3O5S. The highest BCUT2D eigenvalue weighted by Gasteiger charge is 2.33. The number of thiophene rings is 1. The molecular weight excluding hydrogens is 406 g/mol. The molecule has 4 amide bonds. The summed E-state index contributed by atoms with van der Waals surface area (Å²) in [5, 5.41) is 6.54. The molecule has 0 saturated carbocycles. The van der Waals surface area contributed by atoms with Crippen molar-refractivity contribution in [2.45, 2.75) is 6.92 Å². The third kappa shape index (κ3) is 4.10. The minimum atomic E-state index is -1.28. The van der Waals surface area contributed by atoms with Crippen molar-refractivity contribution in [3.63, 3.8) is 0 Å². The van der Waals surface area contributed by atoms with E-state index in [1.807, 2.05) is 10.6 Å². The van der Waals surface area contributed by atoms with Crippen molar-refractivity contribution < 1.29 is 23.9 Å². The number of amides is 4. The van der Waals surface area contributed by atoms with Crippen LogP contribution in [0.1, 0.15) is 17.3 Å². The van der Waals surface area contributed by atoms with Gasteiger partial charge >= 0.3 is 12.0 Å². The summed E-state index contributed by atoms with van der Waals surface area (Å²) in [5.41, 5.74) is 1.56. The summed E-state index contributed by atoms with van der Waals surface area (Å²) in [6.07, 6.45) is 1.09. The van der Waals surface area contributed by atoms with Crippen molar-refractivity contribution in [1.29, 1.82) is 0 Å². The maximum absolute atomic E-state index is 12.5. The summed E-state index contributed by atoms with van der Waals surface area (Å²) < 4.78 is 5.13. The van der Waals surface area contributed by atoms with Gasteiger partial charge in [0.15, 0.2) is 5.92 Å². The summed E-state index contributed by atoms with van der Waals surface area (Å²) in [6, 6.07) is 6.02. The Morgan fingerprint density at radius 3 is 2.46 bits per heavy atom. The molecule has 1 fully saturated rings. The number of hydrogen-bond acceptors (Lipinski definition) is 7. The number of nitrogens with zero attached hydrogens (tertiary/aromatic N) is 1. The van der Waals surface area contributed by atoms with Gasteiger partial charge in [0, 0.05) is 22.2 Å². The Morgan fingerprint density at radius 2 is 1.86 bits per heavy atom. The van der Waals surface area contributed by atoms with Gasteiger partial charge in [0.05, 0.1) is 6.61 Å². The summed E-state index contributed by atoms with van der Waals surface area (Å²) in [7, 11) is 0. The molecule has 10 heteroatoms. The van der Waals surface area contributed by atoms with Gasteiger partial charge in [-0.3, -0.25) is 20.2 Å². The van der Waals surface area contributed by atoms with Crippen LogP contribution in [-0.2, 0) is 14.3 Å². The van der Waals surface area contributed by atoms with E-state index in [1.165, 1.54) is 0 Å². The average Bonchev–Trinajstić information content (AvgIpc) is 3.05. The van der Waals surface area contributed by atoms with E-state index in [-0.39, 0.29) is 17.2 Å². The third-order valence-electron chi connectivity index (χ3n) is 3.79. The number of ether oxygens (including phenoxy) is 1. The normalized spacial score (nSPS) is 14.9. The number of rotatable bonds is 5. The Kier molecular flexibility index (Phi) is 5.86. The topological polar surface area (TPSA) is 114 Å². The fraction of sp³-hybridized carbons (Fsp3) is 0.167. The number of urea groups is 1. The van der Waals surface area contributed by atoms with Gasteiger partial charge in [0.25, 0.3) is 0 Å². The Morgan fingerprint density at radius 1 is 1.21 bits per heavy atom. The third-order valence-corrected chi connectivity index (χ3v) is 4.92. The molecule has 2 N–H and O–H groups in total. The highest BCUT2D eigenvalue weighted by atomic mass is 35.5. The molecule has 3 rings (SSSR count). The molecule has 0 radical (unpaired) electrons. The van der Waals surface area contributed by atoms with Crippen LogP contribution >= 0.6 is 22.9 Å². The Balaban J connectivity index is 1.97. The first-order chi connectivity index (χ1) is 13.4. The number of benzene rings is 1. The van der Waals surface area contributed by atoms with Crippen LogP contribution in [0.3, 0.4) is 0 Å². The Labute approximate surface area is 168 Å². The highest BCUT2D eigenvalue weighted by molar-refractivity contribution is 7.14. The van der Waals surface area contributed by atoms with Gasteiger partial charge in [-0.15, -0.1) is 11.3 Å². The van der Waals surface area contributed by atoms with Crippen molar-refractivity contribution in [2.24, 2.45) is 10.9 Å². The van der Waals surface area contributed by atoms with E-state index in [9.17, 15) is 19.2 Å². The first-order valence-electron chi connectivity index (χ1n) is 8.15. The number of nitrogens with one attached hydrogen (secondary N) is 2. The summed E-state index contributed by atoms with van der Waals surface area (Å²) in [6.45, 7) is 1.86. The average molecular weight is 420 g/mol. The number of imide groups is 2. The number of hydrogen-bond donors (Lipinski definition) is 2. The lowest BCUT2D eigenvalue weighted by Gasteiger charge is -2.16. The van der Waals surface area contributed by atoms with Crippen molar-refractivity contribution in [1.82, 2.24) is 10.6 Å². The molecule has 0 bridgehead atoms. The number of halogens is 1. The van der Waals surface area contributed by atoms with Gasteiger partial charge < -0.3 is 4.74 Å². The van der Waals surface area contributed by atoms with Gasteiger partial charge in [-0.1, -0.05) is 23.7 Å². The molecule has 1 aromatic heterocycles. The van der Waals surface area contributed by atoms with E-state index in [4.69, 9.17) is 16.3 Å². The van der Waals surface area contributed by atoms with Crippen LogP contribution in [-0.4, -0.2) is 36.6 Å². The summed E-state index contributed by atoms with van der Waals surface area (Å²) in [4.78, 5) is 51.4. The summed E-state index contributed by atoms with van der Waals surface area (Å²) in [5.74, 6) is -3.43. The van der Waals surface area contributed by atoms with Gasteiger partial charge in [-0.25, -0.2) is 14.6 Å². The maximum atomic E-state index is 12.5. The molecule has 0 aliphatic carbocycles. The van der Waals surface area contributed by atoms with Crippen LogP contribution in [0.4, 0.5) is 9.80 Å². The molecule has 28 heavy (non-hydrogen) atoms. The van der Waals surface area contributed by atoms with E-state index < -0.39 is 29.7 Å². The maximum Gasteiger partial charge on any atom is 0.341 e. The van der Waals surface area contributed by atoms with Crippen molar-refractivity contribution in [3.8, 4) is 11.1 Å². The van der Waals surface area contributed by atoms with Crippen molar-refractivity contribution in [2.75, 3.05) is 6.61 Å². The van der Waals surface area contributed by atoms with Crippen LogP contribution in [0.5, 0.6) is 0 Å². The molecule has 144 valence electrons. The Hall–Kier alpha value is -3.04. The molecule has 0 unspecified atom stereocenters. The largest absolute Gasteiger partial charge is 0.462 e. The zero-order valence-electron chi connectivity index (χ0n) is 14.5. The lowest BCUT2D eigenvalue weighted by Crippen LogP contribution is -2.56. The first kappa shape index (κ1) is 19.7. The zero-order chi connectivity index (χ0) is 20.3. The van der Waals surface area contributed by atoms with Crippen LogP contribution in [0.25, 0.3) is 11.1 Å². The van der Waals surface area contributed by atoms with Crippen LogP contribution in [0, 0.1) is 5.92 Å². The predicted octanol–water partition coefficient (Wildman–Crippen LogP) is 2.93. The van der Waals surface area contributed by atoms with E-state index in [2.05, 4.69) is 4.99 Å². The zero-order valence-corrected chi connectivity index (χ0v) is 16.1. The number of carbonyl (C=O) groups is 4. The molecule has 0 atom stereocenters. The molecule has 2 aromatic rings. The molecule has 2 heterocycles. The molecule has 0 spiro atoms. The lowest BCUT2D eigenvalue weighted by atomic mass is 10.0. The van der Waals surface area contributed by atoms with Crippen LogP contribution < -0.4 is 10.6 Å². The molecule has 1 aromatic carbocycles.